The number of rotatable bonds is 7. The third-order valence-corrected chi connectivity index (χ3v) is 2.76. The van der Waals surface area contributed by atoms with Crippen LogP contribution >= 0.6 is 0 Å². The number of aryl methyl sites for hydroxylation is 1. The fourth-order valence-corrected chi connectivity index (χ4v) is 1.77. The molecule has 0 saturated carbocycles. The molecule has 3 N–H and O–H groups in total. The second kappa shape index (κ2) is 13.5. The predicted octanol–water partition coefficient (Wildman–Crippen LogP) is 2.99. The molecular weight excluding hydrogens is 303 g/mol. The number of phenolic OH excluding ortho intramolecular Hbond substituents is 1. The molecule has 0 spiro atoms. The van der Waals surface area contributed by atoms with Gasteiger partial charge in [0.1, 0.15) is 5.75 Å². The summed E-state index contributed by atoms with van der Waals surface area (Å²) in [6, 6.07) is 7.57. The zero-order valence-electron chi connectivity index (χ0n) is 11.8. The zero-order valence-corrected chi connectivity index (χ0v) is 12.6. The molecule has 0 aromatic heterocycles. The molecule has 0 aliphatic carbocycles. The van der Waals surface area contributed by atoms with Crippen LogP contribution in [0.1, 0.15) is 51.0 Å². The van der Waals surface area contributed by atoms with Crippen molar-refractivity contribution in [1.29, 1.82) is 0 Å². The first-order chi connectivity index (χ1) is 9.33. The fourth-order valence-electron chi connectivity index (χ4n) is 1.77. The van der Waals surface area contributed by atoms with Crippen LogP contribution in [0, 0.1) is 0 Å². The van der Waals surface area contributed by atoms with Crippen molar-refractivity contribution in [3.05, 3.63) is 29.8 Å². The van der Waals surface area contributed by atoms with Crippen LogP contribution in [0.4, 0.5) is 0 Å². The maximum absolute atomic E-state index is 9.13. The molecule has 1 aromatic rings. The topological polar surface area (TPSA) is 94.8 Å². The fraction of sp³-hybridized carbons (Fsp3) is 0.571. The number of hydrogen-bond acceptors (Lipinski definition) is 3. The summed E-state index contributed by atoms with van der Waals surface area (Å²) in [7, 11) is -4.67. The van der Waals surface area contributed by atoms with Crippen molar-refractivity contribution >= 4 is 40.0 Å². The van der Waals surface area contributed by atoms with E-state index in [-0.39, 0.29) is 29.6 Å². The quantitative estimate of drug-likeness (QED) is 0.406. The summed E-state index contributed by atoms with van der Waals surface area (Å²) in [4.78, 5) is 0. The van der Waals surface area contributed by atoms with Gasteiger partial charge in [0.2, 0.25) is 0 Å². The van der Waals surface area contributed by atoms with Gasteiger partial charge in [0.05, 0.1) is 0 Å². The van der Waals surface area contributed by atoms with Gasteiger partial charge in [0, 0.05) is 0 Å². The Morgan fingerprint density at radius 3 is 1.81 bits per heavy atom. The monoisotopic (exact) mass is 328 g/mol. The summed E-state index contributed by atoms with van der Waals surface area (Å²) >= 11 is 0. The van der Waals surface area contributed by atoms with Gasteiger partial charge in [-0.2, -0.15) is 8.42 Å². The van der Waals surface area contributed by atoms with Crippen molar-refractivity contribution in [3.8, 4) is 5.75 Å². The molecule has 0 aliphatic rings. The molecule has 0 radical (unpaired) electrons. The maximum atomic E-state index is 9.13. The second-order valence-electron chi connectivity index (χ2n) is 4.63. The first-order valence-corrected chi connectivity index (χ1v) is 8.20. The van der Waals surface area contributed by atoms with Crippen LogP contribution in [0.2, 0.25) is 0 Å². The summed E-state index contributed by atoms with van der Waals surface area (Å²) in [5.41, 5.74) is 1.34. The molecule has 0 saturated heterocycles. The summed E-state index contributed by atoms with van der Waals surface area (Å²) in [5, 5.41) is 9.13. The van der Waals surface area contributed by atoms with Crippen molar-refractivity contribution in [3.63, 3.8) is 0 Å². The van der Waals surface area contributed by atoms with Gasteiger partial charge < -0.3 is 5.11 Å². The summed E-state index contributed by atoms with van der Waals surface area (Å²) in [6.45, 7) is 2.25. The average Bonchev–Trinajstić information content (AvgIpc) is 2.34. The molecule has 1 aromatic carbocycles. The van der Waals surface area contributed by atoms with Crippen molar-refractivity contribution < 1.29 is 22.6 Å². The Morgan fingerprint density at radius 1 is 0.905 bits per heavy atom. The van der Waals surface area contributed by atoms with E-state index < -0.39 is 10.4 Å². The molecular formula is C14H25NaO5S. The summed E-state index contributed by atoms with van der Waals surface area (Å²) < 4.78 is 31.6. The molecule has 0 heterocycles. The van der Waals surface area contributed by atoms with Crippen LogP contribution in [-0.2, 0) is 16.8 Å². The minimum atomic E-state index is -4.67. The van der Waals surface area contributed by atoms with E-state index in [1.165, 1.54) is 44.1 Å². The van der Waals surface area contributed by atoms with E-state index >= 15 is 0 Å². The molecule has 0 bridgehead atoms. The standard InChI is InChI=1S/C14H22O.Na.H2O4S.H/c1-2-3-4-5-6-7-8-13-9-11-14(15)12-10-13;;1-5(2,3)4;/h9-12,15H,2-8H2,1H3;;(H2,1,2,3,4);. The Bertz CT molecular complexity index is 437. The van der Waals surface area contributed by atoms with Gasteiger partial charge in [0.25, 0.3) is 0 Å². The van der Waals surface area contributed by atoms with E-state index in [9.17, 15) is 0 Å². The van der Waals surface area contributed by atoms with E-state index in [0.717, 1.165) is 6.42 Å². The predicted molar refractivity (Wildman–Crippen MR) is 86.5 cm³/mol. The Kier molecular flexibility index (Phi) is 14.9. The SMILES string of the molecule is CCCCCCCCc1ccc(O)cc1.O=S(=O)(O)O.[NaH]. The van der Waals surface area contributed by atoms with Crippen LogP contribution < -0.4 is 0 Å². The third-order valence-electron chi connectivity index (χ3n) is 2.76. The van der Waals surface area contributed by atoms with Gasteiger partial charge in [-0.3, -0.25) is 9.11 Å². The second-order valence-corrected chi connectivity index (χ2v) is 5.53. The Hall–Kier alpha value is -0.110. The number of unbranched alkanes of at least 4 members (excludes halogenated alkanes) is 5. The molecule has 5 nitrogen and oxygen atoms in total. The molecule has 1 rings (SSSR count). The van der Waals surface area contributed by atoms with E-state index in [4.69, 9.17) is 22.6 Å². The van der Waals surface area contributed by atoms with E-state index in [1.807, 2.05) is 12.1 Å². The first kappa shape index (κ1) is 23.2. The van der Waals surface area contributed by atoms with Gasteiger partial charge in [0.15, 0.2) is 0 Å². The van der Waals surface area contributed by atoms with Gasteiger partial charge in [-0.1, -0.05) is 51.2 Å². The van der Waals surface area contributed by atoms with Gasteiger partial charge in [-0.25, -0.2) is 0 Å². The molecule has 0 amide bonds. The number of phenols is 1. The zero-order chi connectivity index (χ0) is 15.4. The normalized spacial score (nSPS) is 10.2. The first-order valence-electron chi connectivity index (χ1n) is 6.80. The van der Waals surface area contributed by atoms with Crippen molar-refractivity contribution in [2.24, 2.45) is 0 Å². The van der Waals surface area contributed by atoms with Gasteiger partial charge in [-0.15, -0.1) is 0 Å². The Balaban J connectivity index is 0. The van der Waals surface area contributed by atoms with Crippen LogP contribution in [0.5, 0.6) is 5.75 Å². The Labute approximate surface area is 149 Å². The molecule has 0 aliphatic heterocycles. The number of aromatic hydroxyl groups is 1. The molecule has 0 unspecified atom stereocenters. The van der Waals surface area contributed by atoms with Crippen molar-refractivity contribution in [1.82, 2.24) is 0 Å². The molecule has 118 valence electrons. The van der Waals surface area contributed by atoms with Crippen LogP contribution in [-0.4, -0.2) is 52.2 Å². The van der Waals surface area contributed by atoms with Crippen LogP contribution in [0.3, 0.4) is 0 Å². The molecule has 0 atom stereocenters. The average molecular weight is 328 g/mol. The Morgan fingerprint density at radius 2 is 1.33 bits per heavy atom. The minimum absolute atomic E-state index is 0. The number of hydrogen-bond donors (Lipinski definition) is 3. The molecule has 7 heteroatoms. The van der Waals surface area contributed by atoms with E-state index in [1.54, 1.807) is 12.1 Å². The van der Waals surface area contributed by atoms with Crippen molar-refractivity contribution in [2.75, 3.05) is 0 Å². The van der Waals surface area contributed by atoms with E-state index in [2.05, 4.69) is 6.92 Å². The molecule has 0 fully saturated rings. The third kappa shape index (κ3) is 19.9. The van der Waals surface area contributed by atoms with Crippen LogP contribution in [0.25, 0.3) is 0 Å². The summed E-state index contributed by atoms with van der Waals surface area (Å²) in [5.74, 6) is 0.363. The van der Waals surface area contributed by atoms with Gasteiger partial charge >= 0.3 is 40.0 Å². The van der Waals surface area contributed by atoms with Gasteiger partial charge in [-0.05, 0) is 30.5 Å². The van der Waals surface area contributed by atoms with E-state index in [0.29, 0.717) is 5.75 Å². The summed E-state index contributed by atoms with van der Waals surface area (Å²) in [6.07, 6.45) is 9.19. The molecule has 21 heavy (non-hydrogen) atoms. The number of benzene rings is 1. The van der Waals surface area contributed by atoms with Crippen molar-refractivity contribution in [2.45, 2.75) is 51.9 Å². The van der Waals surface area contributed by atoms with Crippen LogP contribution in [0.15, 0.2) is 24.3 Å².